The van der Waals surface area contributed by atoms with Gasteiger partial charge in [-0.3, -0.25) is 9.59 Å². The summed E-state index contributed by atoms with van der Waals surface area (Å²) in [6, 6.07) is 15.0. The Morgan fingerprint density at radius 2 is 1.74 bits per heavy atom. The molecule has 0 radical (unpaired) electrons. The molecule has 3 rings (SSSR count). The molecule has 2 atom stereocenters. The number of hydrogen-bond donors (Lipinski definition) is 2. The third-order valence-electron chi connectivity index (χ3n) is 6.79. The number of carbonyl (C=O) groups excluding carboxylic acids is 1. The summed E-state index contributed by atoms with van der Waals surface area (Å²) in [5.41, 5.74) is 2.95. The van der Waals surface area contributed by atoms with E-state index in [4.69, 9.17) is 14.6 Å². The fourth-order valence-corrected chi connectivity index (χ4v) is 4.28. The summed E-state index contributed by atoms with van der Waals surface area (Å²) in [5.74, 6) is 0.893. The fourth-order valence-electron chi connectivity index (χ4n) is 4.28. The average Bonchev–Trinajstić information content (AvgIpc) is 2.90. The number of allylic oxidation sites excluding steroid dienone is 2. The average molecular weight is 520 g/mol. The van der Waals surface area contributed by atoms with Crippen LogP contribution in [0.15, 0.2) is 72.3 Å². The number of hydrogen-bond acceptors (Lipinski definition) is 4. The number of nitrogens with one attached hydrogen (secondary N) is 1. The largest absolute Gasteiger partial charge is 0.489 e. The van der Waals surface area contributed by atoms with E-state index in [0.717, 1.165) is 42.7 Å². The summed E-state index contributed by atoms with van der Waals surface area (Å²) in [5, 5.41) is 11.4. The van der Waals surface area contributed by atoms with E-state index in [9.17, 15) is 9.59 Å². The fraction of sp³-hybridized carbons (Fsp3) is 0.438. The van der Waals surface area contributed by atoms with Crippen LogP contribution in [-0.2, 0) is 4.79 Å². The van der Waals surface area contributed by atoms with E-state index in [2.05, 4.69) is 51.2 Å². The summed E-state index contributed by atoms with van der Waals surface area (Å²) >= 11 is 0. The molecule has 1 amide bonds. The van der Waals surface area contributed by atoms with Crippen LogP contribution in [0.4, 0.5) is 0 Å². The predicted molar refractivity (Wildman–Crippen MR) is 151 cm³/mol. The van der Waals surface area contributed by atoms with Crippen molar-refractivity contribution in [3.05, 3.63) is 83.5 Å². The van der Waals surface area contributed by atoms with Crippen LogP contribution in [0.25, 0.3) is 0 Å². The standard InChI is InChI=1S/C32H41NO5/c1-5-6-7-29(24-10-12-25(13-11-24)31(36)33-21-20-30(34)35)38-28-18-16-27(17-19-28)37-22-23-8-14-26(15-9-23)32(2,3)4/h8-14,16-19,26,29H,5-7,15,20-22H2,1-4H3,(H,33,36)(H,34,35). The van der Waals surface area contributed by atoms with E-state index in [-0.39, 0.29) is 30.4 Å². The summed E-state index contributed by atoms with van der Waals surface area (Å²) in [7, 11) is 0. The summed E-state index contributed by atoms with van der Waals surface area (Å²) in [6.45, 7) is 9.61. The van der Waals surface area contributed by atoms with Crippen LogP contribution in [0.3, 0.4) is 0 Å². The van der Waals surface area contributed by atoms with Crippen molar-refractivity contribution in [2.24, 2.45) is 11.3 Å². The number of carbonyl (C=O) groups is 2. The van der Waals surface area contributed by atoms with Gasteiger partial charge >= 0.3 is 5.97 Å². The van der Waals surface area contributed by atoms with E-state index in [1.54, 1.807) is 12.1 Å². The quantitative estimate of drug-likeness (QED) is 0.294. The molecule has 1 aliphatic carbocycles. The first-order chi connectivity index (χ1) is 18.2. The highest BCUT2D eigenvalue weighted by Gasteiger charge is 2.23. The van der Waals surface area contributed by atoms with Crippen molar-refractivity contribution in [3.63, 3.8) is 0 Å². The molecule has 2 aromatic carbocycles. The molecule has 1 aliphatic rings. The van der Waals surface area contributed by atoms with Crippen LogP contribution >= 0.6 is 0 Å². The minimum absolute atomic E-state index is 0.101. The van der Waals surface area contributed by atoms with Gasteiger partial charge in [0.25, 0.3) is 5.91 Å². The monoisotopic (exact) mass is 519 g/mol. The number of rotatable bonds is 13. The number of unbranched alkanes of at least 4 members (excludes halogenated alkanes) is 1. The zero-order valence-electron chi connectivity index (χ0n) is 23.0. The van der Waals surface area contributed by atoms with Crippen molar-refractivity contribution in [2.45, 2.75) is 65.9 Å². The van der Waals surface area contributed by atoms with Gasteiger partial charge in [0.2, 0.25) is 0 Å². The molecule has 0 heterocycles. The van der Waals surface area contributed by atoms with Gasteiger partial charge in [-0.05, 0) is 78.1 Å². The van der Waals surface area contributed by atoms with Crippen molar-refractivity contribution in [1.29, 1.82) is 0 Å². The van der Waals surface area contributed by atoms with Crippen molar-refractivity contribution < 1.29 is 24.2 Å². The van der Waals surface area contributed by atoms with Crippen LogP contribution in [0, 0.1) is 11.3 Å². The number of carboxylic acids is 1. The van der Waals surface area contributed by atoms with Crippen molar-refractivity contribution in [1.82, 2.24) is 5.32 Å². The molecule has 38 heavy (non-hydrogen) atoms. The molecule has 2 aromatic rings. The Morgan fingerprint density at radius 3 is 2.32 bits per heavy atom. The van der Waals surface area contributed by atoms with E-state index in [1.165, 1.54) is 5.57 Å². The molecule has 6 heteroatoms. The van der Waals surface area contributed by atoms with Crippen LogP contribution in [0.5, 0.6) is 11.5 Å². The van der Waals surface area contributed by atoms with Gasteiger partial charge in [-0.15, -0.1) is 0 Å². The minimum atomic E-state index is -0.941. The molecule has 2 N–H and O–H groups in total. The highest BCUT2D eigenvalue weighted by Crippen LogP contribution is 2.33. The maximum Gasteiger partial charge on any atom is 0.305 e. The Hall–Kier alpha value is -3.54. The van der Waals surface area contributed by atoms with E-state index < -0.39 is 5.97 Å². The molecule has 6 nitrogen and oxygen atoms in total. The van der Waals surface area contributed by atoms with Crippen molar-refractivity contribution in [3.8, 4) is 11.5 Å². The van der Waals surface area contributed by atoms with Gasteiger partial charge in [0, 0.05) is 12.1 Å². The maximum absolute atomic E-state index is 12.3. The first-order valence-corrected chi connectivity index (χ1v) is 13.5. The first-order valence-electron chi connectivity index (χ1n) is 13.5. The molecule has 0 fully saturated rings. The molecule has 0 saturated heterocycles. The Bertz CT molecular complexity index is 1110. The Morgan fingerprint density at radius 1 is 1.05 bits per heavy atom. The maximum atomic E-state index is 12.3. The number of ether oxygens (including phenoxy) is 2. The summed E-state index contributed by atoms with van der Waals surface area (Å²) < 4.78 is 12.4. The van der Waals surface area contributed by atoms with Gasteiger partial charge < -0.3 is 19.9 Å². The van der Waals surface area contributed by atoms with Gasteiger partial charge in [0.1, 0.15) is 24.2 Å². The first kappa shape index (κ1) is 29.0. The lowest BCUT2D eigenvalue weighted by Crippen LogP contribution is -2.26. The molecular formula is C32H41NO5. The van der Waals surface area contributed by atoms with E-state index >= 15 is 0 Å². The highest BCUT2D eigenvalue weighted by molar-refractivity contribution is 5.94. The van der Waals surface area contributed by atoms with Gasteiger partial charge in [0.15, 0.2) is 0 Å². The Labute approximate surface area is 226 Å². The Balaban J connectivity index is 1.56. The van der Waals surface area contributed by atoms with E-state index in [0.29, 0.717) is 18.1 Å². The van der Waals surface area contributed by atoms with Crippen LogP contribution < -0.4 is 14.8 Å². The second-order valence-electron chi connectivity index (χ2n) is 10.9. The summed E-state index contributed by atoms with van der Waals surface area (Å²) in [4.78, 5) is 22.9. The van der Waals surface area contributed by atoms with Crippen LogP contribution in [0.1, 0.15) is 81.8 Å². The smallest absolute Gasteiger partial charge is 0.305 e. The summed E-state index contributed by atoms with van der Waals surface area (Å²) in [6.07, 6.45) is 10.5. The predicted octanol–water partition coefficient (Wildman–Crippen LogP) is 7.13. The number of carboxylic acid groups (broad SMARTS) is 1. The zero-order chi connectivity index (χ0) is 27.5. The Kier molecular flexibility index (Phi) is 10.6. The molecule has 0 aliphatic heterocycles. The van der Waals surface area contributed by atoms with Crippen LogP contribution in [0.2, 0.25) is 0 Å². The van der Waals surface area contributed by atoms with Gasteiger partial charge in [-0.25, -0.2) is 0 Å². The third kappa shape index (κ3) is 9.09. The van der Waals surface area contributed by atoms with Gasteiger partial charge in [-0.2, -0.15) is 0 Å². The lowest BCUT2D eigenvalue weighted by molar-refractivity contribution is -0.136. The molecule has 2 unspecified atom stereocenters. The topological polar surface area (TPSA) is 84.9 Å². The lowest BCUT2D eigenvalue weighted by atomic mass is 9.76. The van der Waals surface area contributed by atoms with Crippen molar-refractivity contribution >= 4 is 11.9 Å². The molecule has 0 saturated carbocycles. The lowest BCUT2D eigenvalue weighted by Gasteiger charge is -2.29. The minimum Gasteiger partial charge on any atom is -0.489 e. The second-order valence-corrected chi connectivity index (χ2v) is 10.9. The van der Waals surface area contributed by atoms with Gasteiger partial charge in [0.05, 0.1) is 6.42 Å². The normalized spacial score (nSPS) is 15.9. The van der Waals surface area contributed by atoms with Crippen molar-refractivity contribution in [2.75, 3.05) is 13.2 Å². The molecule has 0 aromatic heterocycles. The SMILES string of the molecule is CCCCC(Oc1ccc(OCC2=CCC(C(C)(C)C)C=C2)cc1)c1ccc(C(=O)NCCC(=O)O)cc1. The van der Waals surface area contributed by atoms with Crippen LogP contribution in [-0.4, -0.2) is 30.1 Å². The number of amides is 1. The molecular weight excluding hydrogens is 478 g/mol. The third-order valence-corrected chi connectivity index (χ3v) is 6.79. The zero-order valence-corrected chi connectivity index (χ0v) is 23.0. The van der Waals surface area contributed by atoms with E-state index in [1.807, 2.05) is 36.4 Å². The molecule has 0 spiro atoms. The molecule has 0 bridgehead atoms. The highest BCUT2D eigenvalue weighted by atomic mass is 16.5. The second kappa shape index (κ2) is 13.8. The number of aliphatic carboxylic acids is 1. The number of benzene rings is 2. The molecule has 204 valence electrons. The van der Waals surface area contributed by atoms with Gasteiger partial charge in [-0.1, -0.05) is 64.5 Å².